The first kappa shape index (κ1) is 25.8. The van der Waals surface area contributed by atoms with Gasteiger partial charge in [-0.3, -0.25) is 0 Å². The summed E-state index contributed by atoms with van der Waals surface area (Å²) in [6.45, 7) is 8.58. The van der Waals surface area contributed by atoms with Gasteiger partial charge in [0.25, 0.3) is 0 Å². The van der Waals surface area contributed by atoms with Crippen molar-refractivity contribution >= 4 is 34.9 Å². The molecule has 0 unspecified atom stereocenters. The summed E-state index contributed by atoms with van der Waals surface area (Å²) in [7, 11) is 0. The Balaban J connectivity index is 0.000000308. The second-order valence-electron chi connectivity index (χ2n) is 7.54. The molecule has 0 aliphatic rings. The van der Waals surface area contributed by atoms with Crippen molar-refractivity contribution in [1.29, 1.82) is 0 Å². The fourth-order valence-corrected chi connectivity index (χ4v) is 2.63. The van der Waals surface area contributed by atoms with Crippen molar-refractivity contribution < 1.29 is 47.0 Å². The van der Waals surface area contributed by atoms with E-state index < -0.39 is 0 Å². The van der Waals surface area contributed by atoms with E-state index in [-0.39, 0.29) is 44.1 Å². The maximum Gasteiger partial charge on any atom is 0.330 e. The zero-order valence-corrected chi connectivity index (χ0v) is 20.6. The van der Waals surface area contributed by atoms with Crippen molar-refractivity contribution in [2.24, 2.45) is 0 Å². The SMILES string of the molecule is CC(C)(C)c1ccc([C-]=O)cc1.CCOC(=O)/C=C/c1cc2cc([NH-])ccc2[nH]1.[Y]. The second-order valence-corrected chi connectivity index (χ2v) is 7.54. The summed E-state index contributed by atoms with van der Waals surface area (Å²) in [6, 6.07) is 14.8. The zero-order chi connectivity index (χ0) is 21.4. The van der Waals surface area contributed by atoms with Crippen LogP contribution in [-0.2, 0) is 52.5 Å². The molecule has 0 bridgehead atoms. The number of esters is 1. The number of carbonyl (C=O) groups is 1. The van der Waals surface area contributed by atoms with Gasteiger partial charge in [0, 0.05) is 50.0 Å². The van der Waals surface area contributed by atoms with E-state index >= 15 is 0 Å². The van der Waals surface area contributed by atoms with Gasteiger partial charge in [0.05, 0.1) is 12.9 Å². The molecule has 0 spiro atoms. The number of aromatic amines is 1. The van der Waals surface area contributed by atoms with Gasteiger partial charge in [-0.2, -0.15) is 17.7 Å². The molecule has 6 heteroatoms. The number of carbonyl (C=O) groups excluding carboxylic acids is 2. The van der Waals surface area contributed by atoms with E-state index in [0.29, 0.717) is 17.9 Å². The minimum Gasteiger partial charge on any atom is -0.699 e. The van der Waals surface area contributed by atoms with Gasteiger partial charge in [-0.1, -0.05) is 38.5 Å². The maximum absolute atomic E-state index is 11.1. The summed E-state index contributed by atoms with van der Waals surface area (Å²) in [5.74, 6) is -0.354. The third kappa shape index (κ3) is 7.88. The van der Waals surface area contributed by atoms with E-state index in [4.69, 9.17) is 10.5 Å². The van der Waals surface area contributed by atoms with E-state index in [0.717, 1.165) is 16.6 Å². The van der Waals surface area contributed by atoms with Gasteiger partial charge in [0.15, 0.2) is 0 Å². The van der Waals surface area contributed by atoms with Crippen LogP contribution < -0.4 is 0 Å². The summed E-state index contributed by atoms with van der Waals surface area (Å²) in [5.41, 5.74) is 11.7. The van der Waals surface area contributed by atoms with Gasteiger partial charge in [-0.15, -0.1) is 17.8 Å². The zero-order valence-electron chi connectivity index (χ0n) is 17.8. The van der Waals surface area contributed by atoms with Gasteiger partial charge in [-0.05, 0) is 35.9 Å². The normalized spacial score (nSPS) is 10.8. The van der Waals surface area contributed by atoms with E-state index in [1.807, 2.05) is 30.6 Å². The first-order chi connectivity index (χ1) is 13.7. The van der Waals surface area contributed by atoms with Crippen LogP contribution in [-0.4, -0.2) is 23.8 Å². The molecule has 2 N–H and O–H groups in total. The van der Waals surface area contributed by atoms with Crippen molar-refractivity contribution in [2.45, 2.75) is 33.1 Å². The molecular formula is C24H26N2O3Y-2. The van der Waals surface area contributed by atoms with Gasteiger partial charge < -0.3 is 20.2 Å². The predicted octanol–water partition coefficient (Wildman–Crippen LogP) is 5.87. The summed E-state index contributed by atoms with van der Waals surface area (Å²) >= 11 is 0. The Kier molecular flexibility index (Phi) is 10.2. The fraction of sp³-hybridized carbons (Fsp3) is 0.250. The Labute approximate surface area is 203 Å². The third-order valence-electron chi connectivity index (χ3n) is 4.20. The number of hydrogen-bond acceptors (Lipinski definition) is 3. The average molecular weight is 479 g/mol. The number of aromatic nitrogens is 1. The van der Waals surface area contributed by atoms with Crippen LogP contribution in [0.5, 0.6) is 0 Å². The molecule has 30 heavy (non-hydrogen) atoms. The molecule has 1 radical (unpaired) electrons. The van der Waals surface area contributed by atoms with Crippen LogP contribution in [0, 0.1) is 0 Å². The van der Waals surface area contributed by atoms with Crippen LogP contribution in [0.2, 0.25) is 0 Å². The minimum atomic E-state index is -0.354. The van der Waals surface area contributed by atoms with E-state index in [2.05, 4.69) is 25.8 Å². The van der Waals surface area contributed by atoms with Crippen LogP contribution >= 0.6 is 0 Å². The first-order valence-electron chi connectivity index (χ1n) is 9.41. The van der Waals surface area contributed by atoms with Crippen molar-refractivity contribution in [2.75, 3.05) is 6.61 Å². The summed E-state index contributed by atoms with van der Waals surface area (Å²) < 4.78 is 4.79. The summed E-state index contributed by atoms with van der Waals surface area (Å²) in [4.78, 5) is 24.5. The molecule has 0 saturated heterocycles. The van der Waals surface area contributed by atoms with Gasteiger partial charge in [-0.25, -0.2) is 4.79 Å². The molecule has 3 aromatic rings. The molecule has 0 aliphatic heterocycles. The third-order valence-corrected chi connectivity index (χ3v) is 4.20. The van der Waals surface area contributed by atoms with Gasteiger partial charge in [0.2, 0.25) is 0 Å². The van der Waals surface area contributed by atoms with Crippen LogP contribution in [0.15, 0.2) is 54.6 Å². The van der Waals surface area contributed by atoms with Crippen molar-refractivity contribution in [3.8, 4) is 0 Å². The fourth-order valence-electron chi connectivity index (χ4n) is 2.63. The number of fused-ring (bicyclic) bond motifs is 1. The molecular weight excluding hydrogens is 453 g/mol. The van der Waals surface area contributed by atoms with Crippen LogP contribution in [0.1, 0.15) is 44.5 Å². The Morgan fingerprint density at radius 1 is 1.13 bits per heavy atom. The molecule has 0 saturated carbocycles. The Bertz CT molecular complexity index is 999. The minimum absolute atomic E-state index is 0. The molecule has 1 heterocycles. The van der Waals surface area contributed by atoms with Crippen molar-refractivity contribution in [3.05, 3.63) is 77.2 Å². The van der Waals surface area contributed by atoms with Gasteiger partial charge in [0.1, 0.15) is 0 Å². The van der Waals surface area contributed by atoms with Crippen molar-refractivity contribution in [1.82, 2.24) is 4.98 Å². The van der Waals surface area contributed by atoms with Gasteiger partial charge >= 0.3 is 5.97 Å². The number of nitrogens with one attached hydrogen (secondary N) is 2. The van der Waals surface area contributed by atoms with Crippen molar-refractivity contribution in [3.63, 3.8) is 0 Å². The molecule has 2 aromatic carbocycles. The smallest absolute Gasteiger partial charge is 0.330 e. The van der Waals surface area contributed by atoms with E-state index in [9.17, 15) is 9.59 Å². The Hall–Kier alpha value is -2.24. The molecule has 1 aromatic heterocycles. The predicted molar refractivity (Wildman–Crippen MR) is 118 cm³/mol. The summed E-state index contributed by atoms with van der Waals surface area (Å²) in [5, 5.41) is 0.959. The Morgan fingerprint density at radius 3 is 2.37 bits per heavy atom. The van der Waals surface area contributed by atoms with Crippen LogP contribution in [0.3, 0.4) is 0 Å². The topological polar surface area (TPSA) is 83.0 Å². The Morgan fingerprint density at radius 2 is 1.80 bits per heavy atom. The maximum atomic E-state index is 11.1. The largest absolute Gasteiger partial charge is 0.699 e. The molecule has 0 atom stereocenters. The quantitative estimate of drug-likeness (QED) is 0.289. The molecule has 5 nitrogen and oxygen atoms in total. The number of benzene rings is 2. The number of rotatable bonds is 4. The molecule has 3 rings (SSSR count). The number of hydrogen-bond donors (Lipinski definition) is 1. The molecule has 0 fully saturated rings. The van der Waals surface area contributed by atoms with E-state index in [1.54, 1.807) is 37.3 Å². The standard InChI is InChI=1S/C13H13N2O2.C11H13O.Y/c1-2-17-13(16)6-4-11-8-9-7-10(14)3-5-12(9)15-11;1-11(2,3)10-6-4-9(8-12)5-7-10;/h3-8,14H,2H2,1H3,(H,15,16);4-7H,1-3H3;/q2*-1;. The second kappa shape index (κ2) is 11.8. The van der Waals surface area contributed by atoms with Crippen LogP contribution in [0.4, 0.5) is 5.69 Å². The van der Waals surface area contributed by atoms with E-state index in [1.165, 1.54) is 11.6 Å². The molecule has 0 amide bonds. The van der Waals surface area contributed by atoms with Crippen LogP contribution in [0.25, 0.3) is 22.7 Å². The average Bonchev–Trinajstić information content (AvgIpc) is 3.08. The summed E-state index contributed by atoms with van der Waals surface area (Å²) in [6.07, 6.45) is 4.91. The first-order valence-corrected chi connectivity index (χ1v) is 9.41. The molecule has 155 valence electrons. The number of H-pyrrole nitrogens is 1. The monoisotopic (exact) mass is 479 g/mol. The number of ether oxygens (including phenoxy) is 1. The molecule has 0 aliphatic carbocycles.